The molecule has 0 saturated carbocycles. The number of nitrogens with zero attached hydrogens (tertiary/aromatic N) is 4. The number of amides is 1. The van der Waals surface area contributed by atoms with Crippen LogP contribution in [0.3, 0.4) is 0 Å². The van der Waals surface area contributed by atoms with Crippen LogP contribution in [0.5, 0.6) is 0 Å². The molecular weight excluding hydrogens is 370 g/mol. The van der Waals surface area contributed by atoms with Gasteiger partial charge < -0.3 is 15.1 Å². The lowest BCUT2D eigenvalue weighted by molar-refractivity contribution is 0.0954. The summed E-state index contributed by atoms with van der Waals surface area (Å²) in [6.45, 7) is 14.2. The second kappa shape index (κ2) is 9.47. The van der Waals surface area contributed by atoms with Crippen molar-refractivity contribution < 1.29 is 4.79 Å². The third-order valence-corrected chi connectivity index (χ3v) is 6.21. The highest BCUT2D eigenvalue weighted by Crippen LogP contribution is 2.21. The lowest BCUT2D eigenvalue weighted by Gasteiger charge is -2.34. The maximum absolute atomic E-state index is 12.5. The van der Waals surface area contributed by atoms with Crippen molar-refractivity contribution in [2.24, 2.45) is 5.92 Å². The number of aromatic nitrogens is 2. The van der Waals surface area contributed by atoms with Crippen molar-refractivity contribution in [3.8, 4) is 0 Å². The first kappa shape index (κ1) is 20.7. The minimum absolute atomic E-state index is 0.0511. The van der Waals surface area contributed by atoms with Crippen LogP contribution in [0, 0.1) is 12.8 Å². The number of thiazole rings is 1. The van der Waals surface area contributed by atoms with Crippen LogP contribution in [0.4, 0.5) is 5.82 Å². The van der Waals surface area contributed by atoms with Crippen molar-refractivity contribution in [2.45, 2.75) is 40.7 Å². The van der Waals surface area contributed by atoms with Crippen LogP contribution in [0.15, 0.2) is 18.3 Å². The van der Waals surface area contributed by atoms with Crippen LogP contribution in [0.2, 0.25) is 0 Å². The van der Waals surface area contributed by atoms with E-state index in [1.807, 2.05) is 13.1 Å². The molecule has 28 heavy (non-hydrogen) atoms. The van der Waals surface area contributed by atoms with Crippen LogP contribution >= 0.6 is 11.3 Å². The maximum atomic E-state index is 12.5. The van der Waals surface area contributed by atoms with Crippen molar-refractivity contribution in [2.75, 3.05) is 37.6 Å². The quantitative estimate of drug-likeness (QED) is 0.772. The molecule has 3 rings (SSSR count). The SMILES string of the molecule is CCN1CCN(c2ccc(CNC(=O)c3sc(CC(C)C)nc3C)cn2)CC1. The van der Waals surface area contributed by atoms with Gasteiger partial charge in [-0.2, -0.15) is 0 Å². The molecule has 0 aromatic carbocycles. The summed E-state index contributed by atoms with van der Waals surface area (Å²) in [5.74, 6) is 1.50. The monoisotopic (exact) mass is 401 g/mol. The Morgan fingerprint density at radius 2 is 2.00 bits per heavy atom. The van der Waals surface area contributed by atoms with Crippen molar-refractivity contribution in [3.05, 3.63) is 39.5 Å². The van der Waals surface area contributed by atoms with Crippen molar-refractivity contribution in [3.63, 3.8) is 0 Å². The Morgan fingerprint density at radius 1 is 1.25 bits per heavy atom. The maximum Gasteiger partial charge on any atom is 0.263 e. The van der Waals surface area contributed by atoms with Gasteiger partial charge in [0.25, 0.3) is 5.91 Å². The van der Waals surface area contributed by atoms with Gasteiger partial charge in [0.15, 0.2) is 0 Å². The van der Waals surface area contributed by atoms with E-state index in [4.69, 9.17) is 0 Å². The Kier molecular flexibility index (Phi) is 7.02. The summed E-state index contributed by atoms with van der Waals surface area (Å²) in [5.41, 5.74) is 1.83. The number of hydrogen-bond donors (Lipinski definition) is 1. The molecule has 0 atom stereocenters. The fourth-order valence-electron chi connectivity index (χ4n) is 3.36. The lowest BCUT2D eigenvalue weighted by Crippen LogP contribution is -2.46. The predicted molar refractivity (Wildman–Crippen MR) is 115 cm³/mol. The number of piperazine rings is 1. The van der Waals surface area contributed by atoms with Crippen molar-refractivity contribution in [1.29, 1.82) is 0 Å². The van der Waals surface area contributed by atoms with Crippen molar-refractivity contribution in [1.82, 2.24) is 20.2 Å². The summed E-state index contributed by atoms with van der Waals surface area (Å²) < 4.78 is 0. The average molecular weight is 402 g/mol. The van der Waals surface area contributed by atoms with Crippen molar-refractivity contribution >= 4 is 23.1 Å². The molecule has 1 saturated heterocycles. The topological polar surface area (TPSA) is 61.4 Å². The van der Waals surface area contributed by atoms with E-state index < -0.39 is 0 Å². The number of hydrogen-bond acceptors (Lipinski definition) is 6. The molecule has 0 radical (unpaired) electrons. The molecule has 0 spiro atoms. The Balaban J connectivity index is 1.53. The van der Waals surface area contributed by atoms with Gasteiger partial charge in [-0.05, 0) is 31.0 Å². The summed E-state index contributed by atoms with van der Waals surface area (Å²) in [6.07, 6.45) is 2.78. The van der Waals surface area contributed by atoms with Gasteiger partial charge in [0, 0.05) is 45.3 Å². The summed E-state index contributed by atoms with van der Waals surface area (Å²) in [4.78, 5) is 27.2. The fourth-order valence-corrected chi connectivity index (χ4v) is 4.56. The first-order valence-electron chi connectivity index (χ1n) is 10.1. The number of anilines is 1. The van der Waals surface area contributed by atoms with Gasteiger partial charge in [-0.25, -0.2) is 9.97 Å². The van der Waals surface area contributed by atoms with Crippen LogP contribution in [0.25, 0.3) is 0 Å². The van der Waals surface area contributed by atoms with E-state index in [1.165, 1.54) is 11.3 Å². The molecular formula is C21H31N5OS. The third-order valence-electron chi connectivity index (χ3n) is 5.04. The van der Waals surface area contributed by atoms with Gasteiger partial charge in [-0.1, -0.05) is 26.8 Å². The van der Waals surface area contributed by atoms with E-state index in [9.17, 15) is 4.79 Å². The van der Waals surface area contributed by atoms with Gasteiger partial charge in [0.05, 0.1) is 10.7 Å². The van der Waals surface area contributed by atoms with Gasteiger partial charge >= 0.3 is 0 Å². The second-order valence-corrected chi connectivity index (χ2v) is 8.83. The van der Waals surface area contributed by atoms with E-state index in [-0.39, 0.29) is 5.91 Å². The highest BCUT2D eigenvalue weighted by Gasteiger charge is 2.17. The minimum atomic E-state index is -0.0511. The number of carbonyl (C=O) groups excluding carboxylic acids is 1. The average Bonchev–Trinajstić information content (AvgIpc) is 3.06. The Hall–Kier alpha value is -1.99. The molecule has 1 aliphatic rings. The zero-order valence-corrected chi connectivity index (χ0v) is 18.2. The lowest BCUT2D eigenvalue weighted by atomic mass is 10.1. The summed E-state index contributed by atoms with van der Waals surface area (Å²) in [6, 6.07) is 4.11. The van der Waals surface area contributed by atoms with Crippen LogP contribution in [0.1, 0.15) is 46.7 Å². The Bertz CT molecular complexity index is 779. The highest BCUT2D eigenvalue weighted by molar-refractivity contribution is 7.13. The highest BCUT2D eigenvalue weighted by atomic mass is 32.1. The number of rotatable bonds is 7. The molecule has 1 N–H and O–H groups in total. The zero-order valence-electron chi connectivity index (χ0n) is 17.4. The summed E-state index contributed by atoms with van der Waals surface area (Å²) >= 11 is 1.50. The first-order chi connectivity index (χ1) is 13.5. The number of nitrogens with one attached hydrogen (secondary N) is 1. The van der Waals surface area contributed by atoms with E-state index in [2.05, 4.69) is 58.0 Å². The smallest absolute Gasteiger partial charge is 0.263 e. The molecule has 0 unspecified atom stereocenters. The van der Waals surface area contributed by atoms with Gasteiger partial charge in [0.2, 0.25) is 0 Å². The molecule has 2 aromatic rings. The van der Waals surface area contributed by atoms with E-state index >= 15 is 0 Å². The second-order valence-electron chi connectivity index (χ2n) is 7.75. The van der Waals surface area contributed by atoms with Gasteiger partial charge in [-0.3, -0.25) is 4.79 Å². The predicted octanol–water partition coefficient (Wildman–Crippen LogP) is 3.12. The fraction of sp³-hybridized carbons (Fsp3) is 0.571. The Labute approximate surface area is 172 Å². The number of carbonyl (C=O) groups is 1. The van der Waals surface area contributed by atoms with Crippen LogP contribution < -0.4 is 10.2 Å². The van der Waals surface area contributed by atoms with Gasteiger partial charge in [0.1, 0.15) is 10.7 Å². The molecule has 152 valence electrons. The standard InChI is InChI=1S/C21H31N5OS/c1-5-25-8-10-26(11-9-25)18-7-6-17(13-22-18)14-23-21(27)20-16(4)24-19(28-20)12-15(2)3/h6-7,13,15H,5,8-12,14H2,1-4H3,(H,23,27). The summed E-state index contributed by atoms with van der Waals surface area (Å²) in [7, 11) is 0. The molecule has 2 aromatic heterocycles. The molecule has 3 heterocycles. The van der Waals surface area contributed by atoms with E-state index in [0.29, 0.717) is 17.3 Å². The molecule has 1 fully saturated rings. The van der Waals surface area contributed by atoms with E-state index in [1.54, 1.807) is 0 Å². The van der Waals surface area contributed by atoms with Crippen LogP contribution in [-0.4, -0.2) is 53.5 Å². The molecule has 0 aliphatic carbocycles. The van der Waals surface area contributed by atoms with Gasteiger partial charge in [-0.15, -0.1) is 11.3 Å². The van der Waals surface area contributed by atoms with E-state index in [0.717, 1.165) is 61.2 Å². The minimum Gasteiger partial charge on any atom is -0.354 e. The number of aryl methyl sites for hydroxylation is 1. The largest absolute Gasteiger partial charge is 0.354 e. The van der Waals surface area contributed by atoms with Crippen LogP contribution in [-0.2, 0) is 13.0 Å². The first-order valence-corrected chi connectivity index (χ1v) is 10.9. The number of pyridine rings is 1. The number of likely N-dealkylation sites (N-methyl/N-ethyl adjacent to an activating group) is 1. The third kappa shape index (κ3) is 5.29. The molecule has 0 bridgehead atoms. The zero-order chi connectivity index (χ0) is 20.1. The molecule has 6 nitrogen and oxygen atoms in total. The Morgan fingerprint density at radius 3 is 2.61 bits per heavy atom. The molecule has 1 amide bonds. The molecule has 1 aliphatic heterocycles. The molecule has 7 heteroatoms. The summed E-state index contributed by atoms with van der Waals surface area (Å²) in [5, 5.41) is 4.04. The normalized spacial score (nSPS) is 15.2.